The normalized spacial score (nSPS) is 10.3. The molecule has 0 aliphatic heterocycles. The molecular formula is C13H9BrClFN2O2. The first-order chi connectivity index (χ1) is 9.49. The molecule has 2 aromatic rings. The maximum absolute atomic E-state index is 13.7. The first kappa shape index (κ1) is 14.7. The van der Waals surface area contributed by atoms with Crippen LogP contribution in [-0.2, 0) is 6.54 Å². The number of hydrogen-bond acceptors (Lipinski definition) is 3. The molecule has 104 valence electrons. The van der Waals surface area contributed by atoms with Crippen LogP contribution in [0.5, 0.6) is 0 Å². The van der Waals surface area contributed by atoms with Crippen molar-refractivity contribution in [2.75, 3.05) is 5.32 Å². The van der Waals surface area contributed by atoms with Gasteiger partial charge in [-0.2, -0.15) is 0 Å². The van der Waals surface area contributed by atoms with Crippen LogP contribution in [0.3, 0.4) is 0 Å². The quantitative estimate of drug-likeness (QED) is 0.632. The number of hydrogen-bond donors (Lipinski definition) is 1. The van der Waals surface area contributed by atoms with Crippen LogP contribution in [-0.4, -0.2) is 4.92 Å². The third kappa shape index (κ3) is 3.26. The topological polar surface area (TPSA) is 55.2 Å². The van der Waals surface area contributed by atoms with Gasteiger partial charge in [-0.25, -0.2) is 4.39 Å². The van der Waals surface area contributed by atoms with Crippen LogP contribution in [0, 0.1) is 15.9 Å². The first-order valence-electron chi connectivity index (χ1n) is 5.59. The molecule has 0 fully saturated rings. The molecule has 0 spiro atoms. The van der Waals surface area contributed by atoms with Crippen molar-refractivity contribution in [3.05, 3.63) is 67.4 Å². The summed E-state index contributed by atoms with van der Waals surface area (Å²) >= 11 is 8.92. The summed E-state index contributed by atoms with van der Waals surface area (Å²) in [6, 6.07) is 9.16. The Balaban J connectivity index is 2.24. The van der Waals surface area contributed by atoms with Gasteiger partial charge < -0.3 is 5.32 Å². The number of nitro benzene ring substituents is 1. The highest BCUT2D eigenvalue weighted by Gasteiger charge is 2.14. The third-order valence-corrected chi connectivity index (χ3v) is 3.44. The lowest BCUT2D eigenvalue weighted by atomic mass is 10.1. The molecule has 0 amide bonds. The molecule has 0 radical (unpaired) electrons. The summed E-state index contributed by atoms with van der Waals surface area (Å²) in [6.45, 7) is 0.118. The van der Waals surface area contributed by atoms with Crippen molar-refractivity contribution in [1.29, 1.82) is 0 Å². The molecule has 0 atom stereocenters. The summed E-state index contributed by atoms with van der Waals surface area (Å²) in [4.78, 5) is 10.5. The molecule has 0 bridgehead atoms. The van der Waals surface area contributed by atoms with E-state index in [4.69, 9.17) is 11.6 Å². The Morgan fingerprint density at radius 3 is 2.80 bits per heavy atom. The average molecular weight is 360 g/mol. The molecule has 0 aliphatic rings. The van der Waals surface area contributed by atoms with Crippen LogP contribution < -0.4 is 5.32 Å². The second-order valence-corrected chi connectivity index (χ2v) is 5.31. The van der Waals surface area contributed by atoms with E-state index in [1.165, 1.54) is 18.2 Å². The van der Waals surface area contributed by atoms with Gasteiger partial charge in [0.1, 0.15) is 0 Å². The predicted octanol–water partition coefficient (Wildman–Crippen LogP) is 4.76. The number of nitro groups is 1. The Morgan fingerprint density at radius 1 is 1.35 bits per heavy atom. The molecule has 4 nitrogen and oxygen atoms in total. The van der Waals surface area contributed by atoms with Crippen LogP contribution in [0.25, 0.3) is 0 Å². The minimum Gasteiger partial charge on any atom is -0.378 e. The van der Waals surface area contributed by atoms with Gasteiger partial charge >= 0.3 is 0 Å². The Bertz CT molecular complexity index is 667. The van der Waals surface area contributed by atoms with Gasteiger partial charge in [0.2, 0.25) is 0 Å². The van der Waals surface area contributed by atoms with Crippen LogP contribution in [0.15, 0.2) is 40.9 Å². The zero-order chi connectivity index (χ0) is 14.7. The zero-order valence-corrected chi connectivity index (χ0v) is 12.4. The Labute approximate surface area is 127 Å². The summed E-state index contributed by atoms with van der Waals surface area (Å²) in [5, 5.41) is 13.7. The van der Waals surface area contributed by atoms with E-state index in [9.17, 15) is 14.5 Å². The van der Waals surface area contributed by atoms with Crippen LogP contribution in [0.1, 0.15) is 5.56 Å². The van der Waals surface area contributed by atoms with Crippen molar-refractivity contribution in [1.82, 2.24) is 0 Å². The molecule has 0 saturated carbocycles. The molecule has 0 aliphatic carbocycles. The smallest absolute Gasteiger partial charge is 0.274 e. The molecule has 0 aromatic heterocycles. The van der Waals surface area contributed by atoms with E-state index in [1.807, 2.05) is 0 Å². The highest BCUT2D eigenvalue weighted by atomic mass is 79.9. The van der Waals surface area contributed by atoms with E-state index >= 15 is 0 Å². The number of benzene rings is 2. The van der Waals surface area contributed by atoms with Crippen molar-refractivity contribution < 1.29 is 9.31 Å². The van der Waals surface area contributed by atoms with Gasteiger partial charge in [-0.3, -0.25) is 10.1 Å². The Kier molecular flexibility index (Phi) is 4.57. The largest absolute Gasteiger partial charge is 0.378 e. The summed E-state index contributed by atoms with van der Waals surface area (Å²) in [7, 11) is 0. The van der Waals surface area contributed by atoms with Crippen molar-refractivity contribution in [2.45, 2.75) is 6.54 Å². The number of nitrogens with zero attached hydrogens (tertiary/aromatic N) is 1. The van der Waals surface area contributed by atoms with Gasteiger partial charge in [-0.1, -0.05) is 33.6 Å². The Morgan fingerprint density at radius 2 is 2.10 bits per heavy atom. The van der Waals surface area contributed by atoms with Crippen molar-refractivity contribution in [2.24, 2.45) is 0 Å². The van der Waals surface area contributed by atoms with Gasteiger partial charge in [0.15, 0.2) is 5.82 Å². The van der Waals surface area contributed by atoms with E-state index in [2.05, 4.69) is 21.2 Å². The first-order valence-corrected chi connectivity index (χ1v) is 6.77. The maximum Gasteiger partial charge on any atom is 0.274 e. The monoisotopic (exact) mass is 358 g/mol. The molecule has 2 rings (SSSR count). The summed E-state index contributed by atoms with van der Waals surface area (Å²) in [5.74, 6) is -0.577. The number of rotatable bonds is 4. The minimum atomic E-state index is -0.577. The molecule has 0 unspecified atom stereocenters. The fraction of sp³-hybridized carbons (Fsp3) is 0.0769. The summed E-state index contributed by atoms with van der Waals surface area (Å²) < 4.78 is 14.4. The third-order valence-electron chi connectivity index (χ3n) is 2.66. The maximum atomic E-state index is 13.7. The molecule has 2 aromatic carbocycles. The molecule has 1 N–H and O–H groups in total. The second-order valence-electron chi connectivity index (χ2n) is 3.99. The summed E-state index contributed by atoms with van der Waals surface area (Å²) in [6.07, 6.45) is 0. The number of nitrogens with one attached hydrogen (secondary N) is 1. The fourth-order valence-corrected chi connectivity index (χ4v) is 2.29. The highest BCUT2D eigenvalue weighted by molar-refractivity contribution is 9.10. The molecule has 0 heterocycles. The number of anilines is 1. The van der Waals surface area contributed by atoms with Gasteiger partial charge in [-0.05, 0) is 24.3 Å². The molecule has 0 saturated heterocycles. The van der Waals surface area contributed by atoms with E-state index < -0.39 is 10.7 Å². The molecular weight excluding hydrogens is 351 g/mol. The van der Waals surface area contributed by atoms with E-state index in [-0.39, 0.29) is 22.9 Å². The zero-order valence-electron chi connectivity index (χ0n) is 10.1. The van der Waals surface area contributed by atoms with Crippen molar-refractivity contribution in [3.63, 3.8) is 0 Å². The van der Waals surface area contributed by atoms with Crippen LogP contribution >= 0.6 is 27.5 Å². The SMILES string of the molecule is O=[N+]([O-])c1ccc(Br)cc1CNc1cccc(Cl)c1F. The van der Waals surface area contributed by atoms with Gasteiger partial charge in [0, 0.05) is 22.6 Å². The molecule has 7 heteroatoms. The second kappa shape index (κ2) is 6.19. The minimum absolute atomic E-state index is 0.00116. The van der Waals surface area contributed by atoms with Crippen LogP contribution in [0.4, 0.5) is 15.8 Å². The van der Waals surface area contributed by atoms with E-state index in [0.717, 1.165) is 0 Å². The Hall–Kier alpha value is -1.66. The molecule has 20 heavy (non-hydrogen) atoms. The van der Waals surface area contributed by atoms with Crippen LogP contribution in [0.2, 0.25) is 5.02 Å². The fourth-order valence-electron chi connectivity index (χ4n) is 1.70. The average Bonchev–Trinajstić information content (AvgIpc) is 2.40. The van der Waals surface area contributed by atoms with Crippen molar-refractivity contribution in [3.8, 4) is 0 Å². The van der Waals surface area contributed by atoms with Gasteiger partial charge in [0.05, 0.1) is 15.6 Å². The van der Waals surface area contributed by atoms with Gasteiger partial charge in [-0.15, -0.1) is 0 Å². The summed E-state index contributed by atoms with van der Waals surface area (Å²) in [5.41, 5.74) is 0.624. The number of halogens is 3. The lowest BCUT2D eigenvalue weighted by Crippen LogP contribution is -2.04. The standard InChI is InChI=1S/C13H9BrClFN2O2/c14-9-4-5-12(18(19)20)8(6-9)7-17-11-3-1-2-10(15)13(11)16/h1-6,17H,7H2. The highest BCUT2D eigenvalue weighted by Crippen LogP contribution is 2.26. The van der Waals surface area contributed by atoms with Gasteiger partial charge in [0.25, 0.3) is 5.69 Å². The lowest BCUT2D eigenvalue weighted by molar-refractivity contribution is -0.385. The van der Waals surface area contributed by atoms with E-state index in [0.29, 0.717) is 10.0 Å². The predicted molar refractivity (Wildman–Crippen MR) is 79.5 cm³/mol. The lowest BCUT2D eigenvalue weighted by Gasteiger charge is -2.09. The van der Waals surface area contributed by atoms with E-state index in [1.54, 1.807) is 18.2 Å². The van der Waals surface area contributed by atoms with Crippen molar-refractivity contribution >= 4 is 38.9 Å².